The zero-order chi connectivity index (χ0) is 16.9. The van der Waals surface area contributed by atoms with Gasteiger partial charge in [-0.25, -0.2) is 9.97 Å². The molecule has 0 aromatic carbocycles. The molecule has 0 N–H and O–H groups in total. The van der Waals surface area contributed by atoms with Crippen molar-refractivity contribution in [2.75, 3.05) is 0 Å². The second-order valence-corrected chi connectivity index (χ2v) is 5.18. The van der Waals surface area contributed by atoms with Gasteiger partial charge in [-0.3, -0.25) is 4.40 Å². The number of nitrogens with zero attached hydrogens (tertiary/aromatic N) is 5. The summed E-state index contributed by atoms with van der Waals surface area (Å²) in [5.41, 5.74) is 0.661. The number of aryl methyl sites for hydroxylation is 1. The molecule has 6 nitrogen and oxygen atoms in total. The number of imidazole rings is 1. The Morgan fingerprint density at radius 3 is 2.71 bits per heavy atom. The maximum atomic E-state index is 13.4. The van der Waals surface area contributed by atoms with Crippen LogP contribution in [-0.4, -0.2) is 24.6 Å². The molecule has 0 saturated carbocycles. The number of fused-ring (bicyclic) bond motifs is 3. The molecule has 4 heterocycles. The van der Waals surface area contributed by atoms with Crippen LogP contribution in [0.25, 0.3) is 28.3 Å². The number of hydrogen-bond acceptors (Lipinski definition) is 5. The summed E-state index contributed by atoms with van der Waals surface area (Å²) in [6, 6.07) is 3.97. The first kappa shape index (κ1) is 14.6. The molecule has 0 aliphatic carbocycles. The summed E-state index contributed by atoms with van der Waals surface area (Å²) in [7, 11) is 0. The Morgan fingerprint density at radius 2 is 2.04 bits per heavy atom. The van der Waals surface area contributed by atoms with Crippen LogP contribution in [0.2, 0.25) is 0 Å². The Balaban J connectivity index is 2.07. The molecule has 0 fully saturated rings. The van der Waals surface area contributed by atoms with Crippen LogP contribution < -0.4 is 0 Å². The highest BCUT2D eigenvalue weighted by Crippen LogP contribution is 2.35. The van der Waals surface area contributed by atoms with Gasteiger partial charge in [0.25, 0.3) is 5.89 Å². The normalized spacial score (nSPS) is 12.3. The van der Waals surface area contributed by atoms with Crippen molar-refractivity contribution >= 4 is 16.7 Å². The van der Waals surface area contributed by atoms with Gasteiger partial charge in [0.15, 0.2) is 0 Å². The number of pyridine rings is 2. The van der Waals surface area contributed by atoms with Gasteiger partial charge in [-0.2, -0.15) is 13.2 Å². The largest absolute Gasteiger partial charge is 0.422 e. The molecule has 0 aliphatic heterocycles. The Hall–Kier alpha value is -2.97. The third-order valence-electron chi connectivity index (χ3n) is 3.70. The van der Waals surface area contributed by atoms with Gasteiger partial charge in [0.1, 0.15) is 17.0 Å². The summed E-state index contributed by atoms with van der Waals surface area (Å²) in [6.07, 6.45) is -1.38. The fraction of sp³-hybridized carbons (Fsp3) is 0.200. The van der Waals surface area contributed by atoms with Crippen LogP contribution in [0.1, 0.15) is 18.2 Å². The van der Waals surface area contributed by atoms with E-state index in [2.05, 4.69) is 20.2 Å². The van der Waals surface area contributed by atoms with Gasteiger partial charge in [-0.05, 0) is 24.6 Å². The average Bonchev–Trinajstić information content (AvgIpc) is 3.21. The van der Waals surface area contributed by atoms with Crippen molar-refractivity contribution in [1.82, 2.24) is 24.6 Å². The first-order valence-electron chi connectivity index (χ1n) is 7.13. The Morgan fingerprint density at radius 1 is 1.21 bits per heavy atom. The maximum Gasteiger partial charge on any atom is 0.417 e. The van der Waals surface area contributed by atoms with Gasteiger partial charge < -0.3 is 4.42 Å². The smallest absolute Gasteiger partial charge is 0.417 e. The van der Waals surface area contributed by atoms with Crippen LogP contribution in [0, 0.1) is 0 Å². The van der Waals surface area contributed by atoms with Crippen LogP contribution >= 0.6 is 0 Å². The number of hydrogen-bond donors (Lipinski definition) is 0. The second kappa shape index (κ2) is 5.02. The van der Waals surface area contributed by atoms with Crippen molar-refractivity contribution in [2.24, 2.45) is 0 Å². The van der Waals surface area contributed by atoms with E-state index < -0.39 is 11.7 Å². The number of rotatable bonds is 2. The van der Waals surface area contributed by atoms with Gasteiger partial charge in [-0.1, -0.05) is 6.92 Å². The number of halogens is 3. The van der Waals surface area contributed by atoms with Crippen LogP contribution in [0.5, 0.6) is 0 Å². The van der Waals surface area contributed by atoms with E-state index in [1.54, 1.807) is 6.92 Å². The molecule has 122 valence electrons. The lowest BCUT2D eigenvalue weighted by Crippen LogP contribution is -2.09. The molecular formula is C15H10F3N5O. The van der Waals surface area contributed by atoms with E-state index in [-0.39, 0.29) is 16.9 Å². The third-order valence-corrected chi connectivity index (χ3v) is 3.70. The van der Waals surface area contributed by atoms with E-state index in [1.807, 2.05) is 0 Å². The lowest BCUT2D eigenvalue weighted by molar-refractivity contribution is -0.136. The monoisotopic (exact) mass is 333 g/mol. The fourth-order valence-electron chi connectivity index (χ4n) is 2.58. The maximum absolute atomic E-state index is 13.4. The van der Waals surface area contributed by atoms with Crippen molar-refractivity contribution < 1.29 is 17.6 Å². The standard InChI is InChI=1S/C15H10F3N5O/c1-2-8-5-10(15(16,17)18)9-3-4-12-21-11(14-22-19-7-24-14)6-23(12)13(9)20-8/h3-7H,2H2,1H3. The molecule has 0 radical (unpaired) electrons. The van der Waals surface area contributed by atoms with Gasteiger partial charge in [0.05, 0.1) is 5.56 Å². The van der Waals surface area contributed by atoms with Crippen molar-refractivity contribution in [2.45, 2.75) is 19.5 Å². The van der Waals surface area contributed by atoms with E-state index in [4.69, 9.17) is 4.42 Å². The summed E-state index contributed by atoms with van der Waals surface area (Å²) >= 11 is 0. The lowest BCUT2D eigenvalue weighted by atomic mass is 10.1. The topological polar surface area (TPSA) is 69.1 Å². The van der Waals surface area contributed by atoms with Crippen LogP contribution in [0.15, 0.2) is 35.2 Å². The van der Waals surface area contributed by atoms with Gasteiger partial charge in [0, 0.05) is 17.3 Å². The predicted octanol–water partition coefficient (Wildman–Crippen LogP) is 3.51. The quantitative estimate of drug-likeness (QED) is 0.561. The molecule has 4 aromatic rings. The Labute approximate surface area is 133 Å². The number of alkyl halides is 3. The van der Waals surface area contributed by atoms with Crippen LogP contribution in [0.3, 0.4) is 0 Å². The first-order valence-corrected chi connectivity index (χ1v) is 7.13. The zero-order valence-electron chi connectivity index (χ0n) is 12.4. The van der Waals surface area contributed by atoms with Crippen LogP contribution in [0.4, 0.5) is 13.2 Å². The molecule has 4 rings (SSSR count). The predicted molar refractivity (Wildman–Crippen MR) is 78.2 cm³/mol. The third kappa shape index (κ3) is 2.20. The SMILES string of the molecule is CCc1cc(C(F)(F)F)c2ccc3nc(-c4nnco4)cn3c2n1. The molecule has 0 aliphatic rings. The minimum Gasteiger partial charge on any atom is -0.422 e. The van der Waals surface area contributed by atoms with E-state index in [9.17, 15) is 13.2 Å². The fourth-order valence-corrected chi connectivity index (χ4v) is 2.58. The van der Waals surface area contributed by atoms with Gasteiger partial charge in [0.2, 0.25) is 6.39 Å². The highest BCUT2D eigenvalue weighted by atomic mass is 19.4. The summed E-state index contributed by atoms with van der Waals surface area (Å²) < 4.78 is 46.7. The first-order chi connectivity index (χ1) is 11.5. The van der Waals surface area contributed by atoms with Crippen molar-refractivity contribution in [1.29, 1.82) is 0 Å². The Bertz CT molecular complexity index is 1040. The molecule has 0 unspecified atom stereocenters. The summed E-state index contributed by atoms with van der Waals surface area (Å²) in [4.78, 5) is 8.65. The van der Waals surface area contributed by atoms with E-state index in [0.717, 1.165) is 12.5 Å². The van der Waals surface area contributed by atoms with E-state index in [1.165, 1.54) is 22.7 Å². The Kier molecular flexibility index (Phi) is 3.05. The van der Waals surface area contributed by atoms with Gasteiger partial charge >= 0.3 is 6.18 Å². The molecule has 0 spiro atoms. The molecule has 9 heteroatoms. The molecule has 24 heavy (non-hydrogen) atoms. The summed E-state index contributed by atoms with van der Waals surface area (Å²) in [5.74, 6) is 0.189. The van der Waals surface area contributed by atoms with Crippen molar-refractivity contribution in [3.8, 4) is 11.6 Å². The molecule has 0 amide bonds. The molecule has 4 aromatic heterocycles. The number of aromatic nitrogens is 5. The molecule has 0 atom stereocenters. The summed E-state index contributed by atoms with van der Waals surface area (Å²) in [6.45, 7) is 1.76. The highest BCUT2D eigenvalue weighted by molar-refractivity contribution is 5.83. The van der Waals surface area contributed by atoms with Crippen molar-refractivity contribution in [3.05, 3.63) is 42.0 Å². The minimum atomic E-state index is -4.46. The van der Waals surface area contributed by atoms with Crippen LogP contribution in [-0.2, 0) is 12.6 Å². The minimum absolute atomic E-state index is 0.0154. The van der Waals surface area contributed by atoms with Crippen molar-refractivity contribution in [3.63, 3.8) is 0 Å². The lowest BCUT2D eigenvalue weighted by Gasteiger charge is -2.12. The second-order valence-electron chi connectivity index (χ2n) is 5.18. The summed E-state index contributed by atoms with van der Waals surface area (Å²) in [5, 5.41) is 7.35. The molecule has 0 bridgehead atoms. The highest BCUT2D eigenvalue weighted by Gasteiger charge is 2.33. The van der Waals surface area contributed by atoms with E-state index in [0.29, 0.717) is 23.5 Å². The zero-order valence-corrected chi connectivity index (χ0v) is 12.4. The average molecular weight is 333 g/mol. The van der Waals surface area contributed by atoms with Gasteiger partial charge in [-0.15, -0.1) is 10.2 Å². The molecule has 0 saturated heterocycles. The van der Waals surface area contributed by atoms with E-state index >= 15 is 0 Å². The molecular weight excluding hydrogens is 323 g/mol.